The molecule has 0 aromatic heterocycles. The van der Waals surface area contributed by atoms with E-state index in [1.807, 2.05) is 25.1 Å². The van der Waals surface area contributed by atoms with E-state index >= 15 is 0 Å². The van der Waals surface area contributed by atoms with Crippen LogP contribution in [0.5, 0.6) is 0 Å². The van der Waals surface area contributed by atoms with Crippen molar-refractivity contribution < 1.29 is 5.11 Å². The molecule has 0 spiro atoms. The third-order valence-electron chi connectivity index (χ3n) is 2.93. The fourth-order valence-corrected chi connectivity index (χ4v) is 2.91. The molecule has 106 valence electrons. The lowest BCUT2D eigenvalue weighted by atomic mass is 10.1. The van der Waals surface area contributed by atoms with Crippen molar-refractivity contribution in [1.82, 2.24) is 0 Å². The summed E-state index contributed by atoms with van der Waals surface area (Å²) in [5.74, 6) is 0. The Kier molecular flexibility index (Phi) is 5.33. The standard InChI is InChI=1S/C15H14BrCl2NO/c1-9-2-5-14(12(16)6-9)19-8-15(20)11-7-10(17)3-4-13(11)18/h2-7,15,19-20H,8H2,1H3. The Morgan fingerprint density at radius 1 is 1.20 bits per heavy atom. The van der Waals surface area contributed by atoms with Gasteiger partial charge >= 0.3 is 0 Å². The molecule has 2 N–H and O–H groups in total. The van der Waals surface area contributed by atoms with Crippen molar-refractivity contribution in [1.29, 1.82) is 0 Å². The van der Waals surface area contributed by atoms with Crippen LogP contribution >= 0.6 is 39.1 Å². The second kappa shape index (κ2) is 6.81. The third-order valence-corrected chi connectivity index (χ3v) is 4.16. The fourth-order valence-electron chi connectivity index (χ4n) is 1.85. The van der Waals surface area contributed by atoms with Crippen molar-refractivity contribution in [3.63, 3.8) is 0 Å². The van der Waals surface area contributed by atoms with Crippen LogP contribution in [0.1, 0.15) is 17.2 Å². The maximum absolute atomic E-state index is 10.2. The molecule has 0 amide bonds. The minimum atomic E-state index is -0.727. The number of aryl methyl sites for hydroxylation is 1. The lowest BCUT2D eigenvalue weighted by molar-refractivity contribution is 0.191. The van der Waals surface area contributed by atoms with E-state index in [-0.39, 0.29) is 0 Å². The Morgan fingerprint density at radius 2 is 1.95 bits per heavy atom. The molecule has 0 heterocycles. The van der Waals surface area contributed by atoms with Gasteiger partial charge < -0.3 is 10.4 Å². The van der Waals surface area contributed by atoms with Gasteiger partial charge in [-0.2, -0.15) is 0 Å². The van der Waals surface area contributed by atoms with Crippen LogP contribution < -0.4 is 5.32 Å². The molecule has 0 aliphatic carbocycles. The topological polar surface area (TPSA) is 32.3 Å². The van der Waals surface area contributed by atoms with Crippen LogP contribution in [-0.2, 0) is 0 Å². The molecule has 0 aliphatic heterocycles. The molecular formula is C15H14BrCl2NO. The molecule has 2 rings (SSSR count). The highest BCUT2D eigenvalue weighted by Gasteiger charge is 2.12. The number of hydrogen-bond donors (Lipinski definition) is 2. The molecule has 0 aliphatic rings. The van der Waals surface area contributed by atoms with Crippen molar-refractivity contribution in [2.45, 2.75) is 13.0 Å². The highest BCUT2D eigenvalue weighted by atomic mass is 79.9. The van der Waals surface area contributed by atoms with Crippen LogP contribution in [0.3, 0.4) is 0 Å². The quantitative estimate of drug-likeness (QED) is 0.769. The highest BCUT2D eigenvalue weighted by molar-refractivity contribution is 9.10. The first-order chi connectivity index (χ1) is 9.47. The first-order valence-corrected chi connectivity index (χ1v) is 7.65. The first-order valence-electron chi connectivity index (χ1n) is 6.10. The summed E-state index contributed by atoms with van der Waals surface area (Å²) in [5, 5.41) is 14.5. The molecular weight excluding hydrogens is 361 g/mol. The van der Waals surface area contributed by atoms with Crippen molar-refractivity contribution in [2.75, 3.05) is 11.9 Å². The van der Waals surface area contributed by atoms with Gasteiger partial charge in [-0.25, -0.2) is 0 Å². The minimum absolute atomic E-state index is 0.349. The van der Waals surface area contributed by atoms with E-state index in [0.717, 1.165) is 10.2 Å². The summed E-state index contributed by atoms with van der Waals surface area (Å²) in [7, 11) is 0. The Balaban J connectivity index is 2.08. The zero-order valence-electron chi connectivity index (χ0n) is 10.8. The zero-order chi connectivity index (χ0) is 14.7. The molecule has 20 heavy (non-hydrogen) atoms. The summed E-state index contributed by atoms with van der Waals surface area (Å²) in [6.07, 6.45) is -0.727. The summed E-state index contributed by atoms with van der Waals surface area (Å²) in [6, 6.07) is 11.0. The van der Waals surface area contributed by atoms with E-state index < -0.39 is 6.10 Å². The van der Waals surface area contributed by atoms with Crippen LogP contribution in [0.4, 0.5) is 5.69 Å². The predicted molar refractivity (Wildman–Crippen MR) is 88.8 cm³/mol. The van der Waals surface area contributed by atoms with Crippen LogP contribution in [0, 0.1) is 6.92 Å². The number of benzene rings is 2. The second-order valence-electron chi connectivity index (χ2n) is 4.55. The number of anilines is 1. The third kappa shape index (κ3) is 3.89. The van der Waals surface area contributed by atoms with Gasteiger partial charge in [-0.3, -0.25) is 0 Å². The van der Waals surface area contributed by atoms with Crippen molar-refractivity contribution >= 4 is 44.8 Å². The van der Waals surface area contributed by atoms with E-state index in [1.165, 1.54) is 5.56 Å². The van der Waals surface area contributed by atoms with Gasteiger partial charge in [-0.05, 0) is 58.7 Å². The van der Waals surface area contributed by atoms with Gasteiger partial charge in [0, 0.05) is 32.3 Å². The first kappa shape index (κ1) is 15.6. The van der Waals surface area contributed by atoms with E-state index in [1.54, 1.807) is 18.2 Å². The maximum atomic E-state index is 10.2. The van der Waals surface area contributed by atoms with E-state index in [4.69, 9.17) is 23.2 Å². The van der Waals surface area contributed by atoms with Gasteiger partial charge in [0.1, 0.15) is 0 Å². The van der Waals surface area contributed by atoms with E-state index in [0.29, 0.717) is 22.2 Å². The normalized spacial score (nSPS) is 12.2. The van der Waals surface area contributed by atoms with Crippen molar-refractivity contribution in [3.8, 4) is 0 Å². The van der Waals surface area contributed by atoms with Crippen LogP contribution in [0.2, 0.25) is 10.0 Å². The van der Waals surface area contributed by atoms with Crippen molar-refractivity contribution in [3.05, 3.63) is 62.0 Å². The van der Waals surface area contributed by atoms with E-state index in [2.05, 4.69) is 21.2 Å². The number of aliphatic hydroxyl groups excluding tert-OH is 1. The lowest BCUT2D eigenvalue weighted by Crippen LogP contribution is -2.13. The Morgan fingerprint density at radius 3 is 2.65 bits per heavy atom. The number of hydrogen-bond acceptors (Lipinski definition) is 2. The monoisotopic (exact) mass is 373 g/mol. The smallest absolute Gasteiger partial charge is 0.0977 e. The van der Waals surface area contributed by atoms with Gasteiger partial charge in [-0.1, -0.05) is 29.3 Å². The molecule has 0 fully saturated rings. The molecule has 0 saturated heterocycles. The van der Waals surface area contributed by atoms with Crippen LogP contribution in [0.25, 0.3) is 0 Å². The molecule has 2 aromatic rings. The second-order valence-corrected chi connectivity index (χ2v) is 6.24. The molecule has 2 aromatic carbocycles. The van der Waals surface area contributed by atoms with Gasteiger partial charge in [0.05, 0.1) is 6.10 Å². The summed E-state index contributed by atoms with van der Waals surface area (Å²) < 4.78 is 0.960. The minimum Gasteiger partial charge on any atom is -0.387 e. The SMILES string of the molecule is Cc1ccc(NCC(O)c2cc(Cl)ccc2Cl)c(Br)c1. The highest BCUT2D eigenvalue weighted by Crippen LogP contribution is 2.28. The fraction of sp³-hybridized carbons (Fsp3) is 0.200. The molecule has 0 bridgehead atoms. The lowest BCUT2D eigenvalue weighted by Gasteiger charge is -2.16. The van der Waals surface area contributed by atoms with Gasteiger partial charge in [0.15, 0.2) is 0 Å². The number of halogens is 3. The summed E-state index contributed by atoms with van der Waals surface area (Å²) in [6.45, 7) is 2.37. The average Bonchev–Trinajstić information content (AvgIpc) is 2.40. The number of rotatable bonds is 4. The molecule has 2 nitrogen and oxygen atoms in total. The van der Waals surface area contributed by atoms with E-state index in [9.17, 15) is 5.11 Å². The Hall–Kier alpha value is -0.740. The van der Waals surface area contributed by atoms with Crippen LogP contribution in [-0.4, -0.2) is 11.7 Å². The summed E-state index contributed by atoms with van der Waals surface area (Å²) in [4.78, 5) is 0. The Labute approximate surface area is 136 Å². The van der Waals surface area contributed by atoms with Crippen molar-refractivity contribution in [2.24, 2.45) is 0 Å². The molecule has 0 radical (unpaired) electrons. The largest absolute Gasteiger partial charge is 0.387 e. The summed E-state index contributed by atoms with van der Waals surface area (Å²) in [5.41, 5.74) is 2.71. The molecule has 1 atom stereocenters. The van der Waals surface area contributed by atoms with Crippen LogP contribution in [0.15, 0.2) is 40.9 Å². The summed E-state index contributed by atoms with van der Waals surface area (Å²) >= 11 is 15.5. The van der Waals surface area contributed by atoms with Gasteiger partial charge in [0.2, 0.25) is 0 Å². The molecule has 5 heteroatoms. The predicted octanol–water partition coefficient (Wildman–Crippen LogP) is 5.21. The number of nitrogens with one attached hydrogen (secondary N) is 1. The van der Waals surface area contributed by atoms with Gasteiger partial charge in [-0.15, -0.1) is 0 Å². The Bertz CT molecular complexity index is 619. The number of aliphatic hydroxyl groups is 1. The molecule has 0 saturated carbocycles. The van der Waals surface area contributed by atoms with Gasteiger partial charge in [0.25, 0.3) is 0 Å². The zero-order valence-corrected chi connectivity index (χ0v) is 13.9. The maximum Gasteiger partial charge on any atom is 0.0977 e. The average molecular weight is 375 g/mol. The molecule has 1 unspecified atom stereocenters.